The predicted molar refractivity (Wildman–Crippen MR) is 82.9 cm³/mol. The molecular weight excluding hydrogens is 246 g/mol. The van der Waals surface area contributed by atoms with E-state index in [1.54, 1.807) is 0 Å². The largest absolute Gasteiger partial charge is 0.326 e. The number of hydrogen-bond donors (Lipinski definition) is 1. The molecule has 2 heteroatoms. The Balaban J connectivity index is 2.29. The molecule has 0 fully saturated rings. The maximum absolute atomic E-state index is 12.4. The molecule has 0 saturated carbocycles. The fourth-order valence-corrected chi connectivity index (χ4v) is 2.13. The maximum Gasteiger partial charge on any atom is 0.193 e. The van der Waals surface area contributed by atoms with Crippen molar-refractivity contribution in [3.8, 4) is 0 Å². The minimum Gasteiger partial charge on any atom is -0.326 e. The summed E-state index contributed by atoms with van der Waals surface area (Å²) in [5.41, 5.74) is 9.32. The molecule has 20 heavy (non-hydrogen) atoms. The normalized spacial score (nSPS) is 11.4. The van der Waals surface area contributed by atoms with Gasteiger partial charge in [-0.3, -0.25) is 4.79 Å². The Morgan fingerprint density at radius 2 is 1.65 bits per heavy atom. The number of benzene rings is 2. The zero-order valence-electron chi connectivity index (χ0n) is 12.3. The van der Waals surface area contributed by atoms with Crippen molar-refractivity contribution in [1.29, 1.82) is 0 Å². The number of nitrogens with two attached hydrogens (primary N) is 1. The van der Waals surface area contributed by atoms with Gasteiger partial charge in [0.2, 0.25) is 0 Å². The SMILES string of the molecule is CC(C)(C)c1ccc(C(=O)c2cccc(CN)c2)cc1. The molecule has 0 saturated heterocycles. The standard InChI is InChI=1S/C18H21NO/c1-18(2,3)16-9-7-14(8-10-16)17(20)15-6-4-5-13(11-15)12-19/h4-11H,12,19H2,1-3H3. The molecule has 0 amide bonds. The van der Waals surface area contributed by atoms with Crippen LogP contribution in [0.3, 0.4) is 0 Å². The summed E-state index contributed by atoms with van der Waals surface area (Å²) in [6.07, 6.45) is 0. The fraction of sp³-hybridized carbons (Fsp3) is 0.278. The maximum atomic E-state index is 12.4. The van der Waals surface area contributed by atoms with Crippen LogP contribution < -0.4 is 5.73 Å². The van der Waals surface area contributed by atoms with Crippen LogP contribution in [0.1, 0.15) is 47.8 Å². The summed E-state index contributed by atoms with van der Waals surface area (Å²) in [6, 6.07) is 15.4. The van der Waals surface area contributed by atoms with Gasteiger partial charge in [-0.2, -0.15) is 0 Å². The molecule has 0 heterocycles. The molecule has 0 spiro atoms. The second kappa shape index (κ2) is 5.59. The van der Waals surface area contributed by atoms with E-state index in [1.807, 2.05) is 48.5 Å². The molecule has 0 radical (unpaired) electrons. The van der Waals surface area contributed by atoms with Gasteiger partial charge in [0, 0.05) is 17.7 Å². The average molecular weight is 267 g/mol. The van der Waals surface area contributed by atoms with Crippen LogP contribution in [-0.2, 0) is 12.0 Å². The lowest BCUT2D eigenvalue weighted by atomic mass is 9.86. The van der Waals surface area contributed by atoms with Gasteiger partial charge in [0.25, 0.3) is 0 Å². The second-order valence-corrected chi connectivity index (χ2v) is 6.06. The molecular formula is C18H21NO. The molecule has 2 aromatic rings. The number of carbonyl (C=O) groups is 1. The molecule has 0 aliphatic heterocycles. The lowest BCUT2D eigenvalue weighted by Crippen LogP contribution is -2.11. The molecule has 0 aliphatic carbocycles. The van der Waals surface area contributed by atoms with Crippen molar-refractivity contribution in [1.82, 2.24) is 0 Å². The Labute approximate surface area is 120 Å². The van der Waals surface area contributed by atoms with Crippen LogP contribution in [0.5, 0.6) is 0 Å². The summed E-state index contributed by atoms with van der Waals surface area (Å²) in [7, 11) is 0. The van der Waals surface area contributed by atoms with Gasteiger partial charge in [0.1, 0.15) is 0 Å². The molecule has 2 aromatic carbocycles. The van der Waals surface area contributed by atoms with Gasteiger partial charge in [-0.25, -0.2) is 0 Å². The Kier molecular flexibility index (Phi) is 4.05. The predicted octanol–water partition coefficient (Wildman–Crippen LogP) is 3.67. The highest BCUT2D eigenvalue weighted by Crippen LogP contribution is 2.23. The Morgan fingerprint density at radius 1 is 1.00 bits per heavy atom. The van der Waals surface area contributed by atoms with E-state index in [2.05, 4.69) is 20.8 Å². The number of hydrogen-bond acceptors (Lipinski definition) is 2. The molecule has 0 bridgehead atoms. The number of carbonyl (C=O) groups excluding carboxylic acids is 1. The topological polar surface area (TPSA) is 43.1 Å². The van der Waals surface area contributed by atoms with Gasteiger partial charge in [-0.15, -0.1) is 0 Å². The van der Waals surface area contributed by atoms with Crippen molar-refractivity contribution in [2.75, 3.05) is 0 Å². The summed E-state index contributed by atoms with van der Waals surface area (Å²) in [5, 5.41) is 0. The van der Waals surface area contributed by atoms with Gasteiger partial charge in [-0.1, -0.05) is 63.2 Å². The van der Waals surface area contributed by atoms with Crippen molar-refractivity contribution in [2.45, 2.75) is 32.7 Å². The van der Waals surface area contributed by atoms with Crippen LogP contribution in [0, 0.1) is 0 Å². The van der Waals surface area contributed by atoms with Gasteiger partial charge in [0.05, 0.1) is 0 Å². The highest BCUT2D eigenvalue weighted by molar-refractivity contribution is 6.09. The minimum absolute atomic E-state index is 0.0424. The molecule has 104 valence electrons. The summed E-state index contributed by atoms with van der Waals surface area (Å²) < 4.78 is 0. The summed E-state index contributed by atoms with van der Waals surface area (Å²) in [5.74, 6) is 0.0424. The van der Waals surface area contributed by atoms with E-state index in [9.17, 15) is 4.79 Å². The van der Waals surface area contributed by atoms with E-state index < -0.39 is 0 Å². The first-order chi connectivity index (χ1) is 9.41. The summed E-state index contributed by atoms with van der Waals surface area (Å²) in [6.45, 7) is 6.93. The van der Waals surface area contributed by atoms with Crippen LogP contribution in [0.4, 0.5) is 0 Å². The van der Waals surface area contributed by atoms with E-state index >= 15 is 0 Å². The first kappa shape index (κ1) is 14.5. The zero-order chi connectivity index (χ0) is 14.8. The van der Waals surface area contributed by atoms with Crippen LogP contribution in [0.15, 0.2) is 48.5 Å². The number of ketones is 1. The van der Waals surface area contributed by atoms with E-state index in [0.29, 0.717) is 17.7 Å². The fourth-order valence-electron chi connectivity index (χ4n) is 2.13. The first-order valence-corrected chi connectivity index (χ1v) is 6.86. The molecule has 0 aliphatic rings. The zero-order valence-corrected chi connectivity index (χ0v) is 12.3. The van der Waals surface area contributed by atoms with Crippen LogP contribution in [0.2, 0.25) is 0 Å². The van der Waals surface area contributed by atoms with Crippen molar-refractivity contribution < 1.29 is 4.79 Å². The smallest absolute Gasteiger partial charge is 0.193 e. The van der Waals surface area contributed by atoms with Crippen molar-refractivity contribution >= 4 is 5.78 Å². The monoisotopic (exact) mass is 267 g/mol. The third-order valence-corrected chi connectivity index (χ3v) is 3.44. The minimum atomic E-state index is 0.0424. The Hall–Kier alpha value is -1.93. The highest BCUT2D eigenvalue weighted by Gasteiger charge is 2.15. The highest BCUT2D eigenvalue weighted by atomic mass is 16.1. The van der Waals surface area contributed by atoms with E-state index in [1.165, 1.54) is 5.56 Å². The lowest BCUT2D eigenvalue weighted by molar-refractivity contribution is 0.103. The number of rotatable bonds is 3. The molecule has 2 N–H and O–H groups in total. The van der Waals surface area contributed by atoms with Crippen LogP contribution in [-0.4, -0.2) is 5.78 Å². The van der Waals surface area contributed by atoms with E-state index in [0.717, 1.165) is 5.56 Å². The van der Waals surface area contributed by atoms with Crippen LogP contribution >= 0.6 is 0 Å². The Morgan fingerprint density at radius 3 is 2.20 bits per heavy atom. The quantitative estimate of drug-likeness (QED) is 0.862. The third kappa shape index (κ3) is 3.14. The van der Waals surface area contributed by atoms with Gasteiger partial charge >= 0.3 is 0 Å². The molecule has 0 aromatic heterocycles. The van der Waals surface area contributed by atoms with Gasteiger partial charge in [0.15, 0.2) is 5.78 Å². The molecule has 0 unspecified atom stereocenters. The lowest BCUT2D eigenvalue weighted by Gasteiger charge is -2.19. The van der Waals surface area contributed by atoms with Crippen molar-refractivity contribution in [2.24, 2.45) is 5.73 Å². The van der Waals surface area contributed by atoms with Crippen molar-refractivity contribution in [3.63, 3.8) is 0 Å². The van der Waals surface area contributed by atoms with E-state index in [-0.39, 0.29) is 11.2 Å². The molecule has 2 rings (SSSR count). The van der Waals surface area contributed by atoms with Gasteiger partial charge in [-0.05, 0) is 22.6 Å². The second-order valence-electron chi connectivity index (χ2n) is 6.06. The summed E-state index contributed by atoms with van der Waals surface area (Å²) >= 11 is 0. The first-order valence-electron chi connectivity index (χ1n) is 6.86. The van der Waals surface area contributed by atoms with Gasteiger partial charge < -0.3 is 5.73 Å². The average Bonchev–Trinajstić information content (AvgIpc) is 2.46. The molecule has 0 atom stereocenters. The molecule has 2 nitrogen and oxygen atoms in total. The van der Waals surface area contributed by atoms with Crippen LogP contribution in [0.25, 0.3) is 0 Å². The van der Waals surface area contributed by atoms with E-state index in [4.69, 9.17) is 5.73 Å². The Bertz CT molecular complexity index is 606. The third-order valence-electron chi connectivity index (χ3n) is 3.44. The summed E-state index contributed by atoms with van der Waals surface area (Å²) in [4.78, 5) is 12.4. The van der Waals surface area contributed by atoms with Crippen molar-refractivity contribution in [3.05, 3.63) is 70.8 Å².